The van der Waals surface area contributed by atoms with Gasteiger partial charge in [-0.1, -0.05) is 35.5 Å². The number of hydrogen-bond donors (Lipinski definition) is 0. The van der Waals surface area contributed by atoms with E-state index in [1.807, 2.05) is 0 Å². The molecule has 110 valence electrons. The Bertz CT molecular complexity index is 758. The van der Waals surface area contributed by atoms with E-state index >= 15 is 0 Å². The molecule has 0 aromatic heterocycles. The molecule has 0 saturated carbocycles. The first-order valence-electron chi connectivity index (χ1n) is 6.58. The molecule has 0 fully saturated rings. The molecule has 22 heavy (non-hydrogen) atoms. The number of nitro groups is 1. The van der Waals surface area contributed by atoms with Crippen LogP contribution in [0.15, 0.2) is 53.7 Å². The molecule has 3 rings (SSSR count). The number of rotatable bonds is 4. The zero-order chi connectivity index (χ0) is 15.7. The monoisotopic (exact) mass is 297 g/mol. The first-order chi connectivity index (χ1) is 10.6. The number of fused-ring (bicyclic) bond motifs is 1. The van der Waals surface area contributed by atoms with Gasteiger partial charge in [-0.2, -0.15) is 0 Å². The first-order valence-corrected chi connectivity index (χ1v) is 6.58. The number of amides is 1. The minimum Gasteiger partial charge on any atom is -0.305 e. The summed E-state index contributed by atoms with van der Waals surface area (Å²) in [7, 11) is 0. The Morgan fingerprint density at radius 3 is 2.45 bits per heavy atom. The molecule has 0 spiro atoms. The molecule has 2 aromatic carbocycles. The van der Waals surface area contributed by atoms with Crippen LogP contribution >= 0.6 is 0 Å². The van der Waals surface area contributed by atoms with E-state index in [9.17, 15) is 19.8 Å². The predicted octanol–water partition coefficient (Wildman–Crippen LogP) is 2.95. The van der Waals surface area contributed by atoms with Crippen LogP contribution in [0.4, 0.5) is 11.4 Å². The summed E-state index contributed by atoms with van der Waals surface area (Å²) in [6.45, 7) is 0.236. The lowest BCUT2D eigenvalue weighted by molar-refractivity contribution is -0.384. The molecule has 1 heterocycles. The summed E-state index contributed by atoms with van der Waals surface area (Å²) in [5, 5.41) is 13.6. The van der Waals surface area contributed by atoms with E-state index < -0.39 is 11.0 Å². The van der Waals surface area contributed by atoms with Crippen LogP contribution in [0.25, 0.3) is 0 Å². The third-order valence-corrected chi connectivity index (χ3v) is 3.62. The zero-order valence-electron chi connectivity index (χ0n) is 11.4. The molecule has 0 bridgehead atoms. The Morgan fingerprint density at radius 1 is 1.14 bits per heavy atom. The van der Waals surface area contributed by atoms with Gasteiger partial charge in [-0.3, -0.25) is 14.9 Å². The standard InChI is InChI=1S/C15H11N3O4/c19-15-14(16-20)12-3-1-2-4-13(12)17(15)9-10-5-7-11(8-6-10)18(21)22/h1-8,14H,9H2. The van der Waals surface area contributed by atoms with Crippen molar-refractivity contribution < 1.29 is 9.72 Å². The summed E-state index contributed by atoms with van der Waals surface area (Å²) >= 11 is 0. The molecule has 2 aromatic rings. The van der Waals surface area contributed by atoms with Gasteiger partial charge < -0.3 is 4.90 Å². The molecule has 0 saturated heterocycles. The Morgan fingerprint density at radius 2 is 1.82 bits per heavy atom. The SMILES string of the molecule is O=NC1C(=O)N(Cc2ccc([N+](=O)[O-])cc2)c2ccccc21. The molecular formula is C15H11N3O4. The Hall–Kier alpha value is -3.09. The summed E-state index contributed by atoms with van der Waals surface area (Å²) < 4.78 is 0. The second kappa shape index (κ2) is 5.36. The second-order valence-corrected chi connectivity index (χ2v) is 4.91. The van der Waals surface area contributed by atoms with Gasteiger partial charge in [0, 0.05) is 17.7 Å². The largest absolute Gasteiger partial charge is 0.305 e. The molecule has 1 atom stereocenters. The van der Waals surface area contributed by atoms with Gasteiger partial charge in [0.1, 0.15) is 0 Å². The topological polar surface area (TPSA) is 92.9 Å². The van der Waals surface area contributed by atoms with Crippen molar-refractivity contribution in [3.63, 3.8) is 0 Å². The summed E-state index contributed by atoms with van der Waals surface area (Å²) in [6, 6.07) is 11.9. The second-order valence-electron chi connectivity index (χ2n) is 4.91. The number of non-ortho nitro benzene ring substituents is 1. The minimum atomic E-state index is -1.02. The van der Waals surface area contributed by atoms with E-state index in [1.165, 1.54) is 17.0 Å². The van der Waals surface area contributed by atoms with Crippen molar-refractivity contribution in [3.8, 4) is 0 Å². The van der Waals surface area contributed by atoms with Gasteiger partial charge in [-0.15, -0.1) is 4.91 Å². The molecule has 7 heteroatoms. The molecule has 1 aliphatic rings. The Kier molecular flexibility index (Phi) is 3.38. The zero-order valence-corrected chi connectivity index (χ0v) is 11.4. The van der Waals surface area contributed by atoms with Crippen molar-refractivity contribution in [2.75, 3.05) is 4.90 Å². The van der Waals surface area contributed by atoms with Crippen LogP contribution in [-0.4, -0.2) is 10.8 Å². The summed E-state index contributed by atoms with van der Waals surface area (Å²) in [4.78, 5) is 34.9. The maximum absolute atomic E-state index is 12.3. The van der Waals surface area contributed by atoms with Crippen molar-refractivity contribution in [1.82, 2.24) is 0 Å². The van der Waals surface area contributed by atoms with Gasteiger partial charge in [0.05, 0.1) is 17.2 Å². The third kappa shape index (κ3) is 2.22. The predicted molar refractivity (Wildman–Crippen MR) is 79.3 cm³/mol. The third-order valence-electron chi connectivity index (χ3n) is 3.62. The first kappa shape index (κ1) is 13.9. The molecular weight excluding hydrogens is 286 g/mol. The summed E-state index contributed by atoms with van der Waals surface area (Å²) in [6.07, 6.45) is 0. The number of benzene rings is 2. The maximum Gasteiger partial charge on any atom is 0.269 e. The number of nitrogens with zero attached hydrogens (tertiary/aromatic N) is 3. The smallest absolute Gasteiger partial charge is 0.269 e. The molecule has 1 unspecified atom stereocenters. The van der Waals surface area contributed by atoms with Crippen molar-refractivity contribution >= 4 is 17.3 Å². The minimum absolute atomic E-state index is 0.00988. The highest BCUT2D eigenvalue weighted by Crippen LogP contribution is 2.38. The molecule has 7 nitrogen and oxygen atoms in total. The highest BCUT2D eigenvalue weighted by Gasteiger charge is 2.38. The fourth-order valence-corrected chi connectivity index (χ4v) is 2.53. The Labute approximate surface area is 125 Å². The average Bonchev–Trinajstić information content (AvgIpc) is 2.80. The number of hydrogen-bond acceptors (Lipinski definition) is 5. The molecule has 1 amide bonds. The van der Waals surface area contributed by atoms with Crippen LogP contribution in [0.2, 0.25) is 0 Å². The van der Waals surface area contributed by atoms with Gasteiger partial charge in [0.15, 0.2) is 6.04 Å². The number of para-hydroxylation sites is 1. The number of anilines is 1. The van der Waals surface area contributed by atoms with Gasteiger partial charge in [-0.25, -0.2) is 0 Å². The fourth-order valence-electron chi connectivity index (χ4n) is 2.53. The molecule has 0 radical (unpaired) electrons. The van der Waals surface area contributed by atoms with Crippen molar-refractivity contribution in [2.24, 2.45) is 5.18 Å². The maximum atomic E-state index is 12.3. The van der Waals surface area contributed by atoms with Crippen LogP contribution in [-0.2, 0) is 11.3 Å². The lowest BCUT2D eigenvalue weighted by Gasteiger charge is -2.17. The quantitative estimate of drug-likeness (QED) is 0.492. The van der Waals surface area contributed by atoms with Crippen molar-refractivity contribution in [3.05, 3.63) is 74.7 Å². The van der Waals surface area contributed by atoms with E-state index in [0.29, 0.717) is 11.3 Å². The molecule has 0 N–H and O–H groups in total. The number of nitro benzene ring substituents is 1. The molecule has 1 aliphatic heterocycles. The van der Waals surface area contributed by atoms with Crippen molar-refractivity contribution in [1.29, 1.82) is 0 Å². The highest BCUT2D eigenvalue weighted by atomic mass is 16.6. The fraction of sp³-hybridized carbons (Fsp3) is 0.133. The lowest BCUT2D eigenvalue weighted by Crippen LogP contribution is -2.27. The van der Waals surface area contributed by atoms with E-state index in [-0.39, 0.29) is 18.1 Å². The van der Waals surface area contributed by atoms with E-state index in [1.54, 1.807) is 36.4 Å². The van der Waals surface area contributed by atoms with Crippen LogP contribution in [0.3, 0.4) is 0 Å². The van der Waals surface area contributed by atoms with Crippen molar-refractivity contribution in [2.45, 2.75) is 12.6 Å². The van der Waals surface area contributed by atoms with Gasteiger partial charge >= 0.3 is 0 Å². The van der Waals surface area contributed by atoms with Crippen LogP contribution in [0, 0.1) is 15.0 Å². The van der Waals surface area contributed by atoms with Crippen LogP contribution in [0.1, 0.15) is 17.2 Å². The van der Waals surface area contributed by atoms with E-state index in [4.69, 9.17) is 0 Å². The lowest BCUT2D eigenvalue weighted by atomic mass is 10.1. The average molecular weight is 297 g/mol. The number of carbonyl (C=O) groups is 1. The Balaban J connectivity index is 1.90. The summed E-state index contributed by atoms with van der Waals surface area (Å²) in [5.41, 5.74) is 1.96. The number of carbonyl (C=O) groups excluding carboxylic acids is 1. The van der Waals surface area contributed by atoms with Gasteiger partial charge in [0.2, 0.25) is 0 Å². The van der Waals surface area contributed by atoms with E-state index in [2.05, 4.69) is 5.18 Å². The molecule has 0 aliphatic carbocycles. The summed E-state index contributed by atoms with van der Waals surface area (Å²) in [5.74, 6) is -0.380. The normalized spacial score (nSPS) is 16.5. The van der Waals surface area contributed by atoms with Crippen LogP contribution in [0.5, 0.6) is 0 Å². The number of nitroso groups, excluding NO2 is 1. The van der Waals surface area contributed by atoms with Gasteiger partial charge in [-0.05, 0) is 11.6 Å². The highest BCUT2D eigenvalue weighted by molar-refractivity contribution is 6.04. The van der Waals surface area contributed by atoms with Gasteiger partial charge in [0.25, 0.3) is 11.6 Å². The van der Waals surface area contributed by atoms with E-state index in [0.717, 1.165) is 5.56 Å². The van der Waals surface area contributed by atoms with Crippen LogP contribution < -0.4 is 4.90 Å².